The maximum absolute atomic E-state index is 10.8. The zero-order valence-corrected chi connectivity index (χ0v) is 9.11. The van der Waals surface area contributed by atoms with E-state index >= 15 is 0 Å². The molecule has 0 atom stereocenters. The largest absolute Gasteiger partial charge is 0.496 e. The Labute approximate surface area is 93.6 Å². The Morgan fingerprint density at radius 1 is 1.56 bits per heavy atom. The van der Waals surface area contributed by atoms with Crippen molar-refractivity contribution in [2.75, 3.05) is 19.0 Å². The first-order valence-electron chi connectivity index (χ1n) is 4.65. The maximum atomic E-state index is 10.8. The molecule has 0 heterocycles. The molecule has 1 rings (SSSR count). The molecule has 1 aromatic carbocycles. The molecule has 0 aliphatic rings. The van der Waals surface area contributed by atoms with E-state index in [-0.39, 0.29) is 5.69 Å². The van der Waals surface area contributed by atoms with Crippen LogP contribution in [0.5, 0.6) is 5.75 Å². The molecule has 16 heavy (non-hydrogen) atoms. The van der Waals surface area contributed by atoms with Crippen molar-refractivity contribution in [1.29, 1.82) is 0 Å². The van der Waals surface area contributed by atoms with Crippen LogP contribution in [-0.4, -0.2) is 18.6 Å². The molecule has 0 bridgehead atoms. The number of benzene rings is 1. The van der Waals surface area contributed by atoms with Crippen LogP contribution >= 0.6 is 0 Å². The standard InChI is InChI=1S/C11H12N2O3/c1-3-4-7-12-10-6-5-9(16-2)8-11(10)13(14)15/h5-6,8,12H,7H2,1-2H3. The van der Waals surface area contributed by atoms with Crippen LogP contribution in [-0.2, 0) is 0 Å². The fourth-order valence-electron chi connectivity index (χ4n) is 1.17. The van der Waals surface area contributed by atoms with Gasteiger partial charge in [-0.15, -0.1) is 5.92 Å². The van der Waals surface area contributed by atoms with Crippen LogP contribution in [0.25, 0.3) is 0 Å². The number of nitrogens with zero attached hydrogens (tertiary/aromatic N) is 1. The summed E-state index contributed by atoms with van der Waals surface area (Å²) in [5.41, 5.74) is 0.422. The Hall–Kier alpha value is -2.22. The number of nitro groups is 1. The number of methoxy groups -OCH3 is 1. The third-order valence-corrected chi connectivity index (χ3v) is 1.95. The van der Waals surface area contributed by atoms with Gasteiger partial charge in [0.15, 0.2) is 0 Å². The van der Waals surface area contributed by atoms with Crippen molar-refractivity contribution in [1.82, 2.24) is 0 Å². The molecule has 0 amide bonds. The second-order valence-corrected chi connectivity index (χ2v) is 2.92. The number of anilines is 1. The van der Waals surface area contributed by atoms with Crippen molar-refractivity contribution in [3.8, 4) is 17.6 Å². The Morgan fingerprint density at radius 2 is 2.31 bits per heavy atom. The quantitative estimate of drug-likeness (QED) is 0.479. The molecule has 0 spiro atoms. The number of nitrogens with one attached hydrogen (secondary N) is 1. The predicted octanol–water partition coefficient (Wildman–Crippen LogP) is 2.04. The maximum Gasteiger partial charge on any atom is 0.296 e. The molecule has 0 aliphatic heterocycles. The van der Waals surface area contributed by atoms with Gasteiger partial charge in [0.05, 0.1) is 24.6 Å². The minimum Gasteiger partial charge on any atom is -0.496 e. The van der Waals surface area contributed by atoms with Gasteiger partial charge in [-0.1, -0.05) is 5.92 Å². The van der Waals surface area contributed by atoms with Gasteiger partial charge in [-0.25, -0.2) is 0 Å². The lowest BCUT2D eigenvalue weighted by molar-refractivity contribution is -0.384. The van der Waals surface area contributed by atoms with Gasteiger partial charge < -0.3 is 10.1 Å². The van der Waals surface area contributed by atoms with Crippen molar-refractivity contribution >= 4 is 11.4 Å². The van der Waals surface area contributed by atoms with Crippen molar-refractivity contribution in [2.45, 2.75) is 6.92 Å². The average Bonchev–Trinajstić information content (AvgIpc) is 2.29. The predicted molar refractivity (Wildman–Crippen MR) is 61.6 cm³/mol. The number of ether oxygens (including phenoxy) is 1. The molecule has 0 aliphatic carbocycles. The number of nitro benzene ring substituents is 1. The van der Waals surface area contributed by atoms with Gasteiger partial charge in [-0.05, 0) is 19.1 Å². The first-order chi connectivity index (χ1) is 7.69. The first-order valence-corrected chi connectivity index (χ1v) is 4.65. The highest BCUT2D eigenvalue weighted by molar-refractivity contribution is 5.64. The summed E-state index contributed by atoms with van der Waals surface area (Å²) in [5, 5.41) is 13.7. The lowest BCUT2D eigenvalue weighted by Gasteiger charge is -2.05. The molecule has 0 aromatic heterocycles. The van der Waals surface area contributed by atoms with E-state index in [2.05, 4.69) is 17.2 Å². The van der Waals surface area contributed by atoms with Gasteiger partial charge in [-0.2, -0.15) is 0 Å². The Balaban J connectivity index is 2.96. The summed E-state index contributed by atoms with van der Waals surface area (Å²) in [7, 11) is 1.47. The summed E-state index contributed by atoms with van der Waals surface area (Å²) < 4.78 is 4.93. The molecule has 5 heteroatoms. The minimum atomic E-state index is -0.454. The monoisotopic (exact) mass is 220 g/mol. The molecule has 0 fully saturated rings. The van der Waals surface area contributed by atoms with E-state index in [0.29, 0.717) is 18.0 Å². The summed E-state index contributed by atoms with van der Waals surface area (Å²) >= 11 is 0. The Bertz CT molecular complexity index is 446. The Morgan fingerprint density at radius 3 is 2.88 bits per heavy atom. The van der Waals surface area contributed by atoms with Crippen molar-refractivity contribution < 1.29 is 9.66 Å². The molecule has 0 saturated heterocycles. The molecule has 5 nitrogen and oxygen atoms in total. The van der Waals surface area contributed by atoms with Crippen molar-refractivity contribution in [2.24, 2.45) is 0 Å². The summed E-state index contributed by atoms with van der Waals surface area (Å²) in [6, 6.07) is 4.64. The zero-order valence-electron chi connectivity index (χ0n) is 9.11. The first kappa shape index (κ1) is 11.9. The summed E-state index contributed by atoms with van der Waals surface area (Å²) in [6.45, 7) is 2.09. The second kappa shape index (κ2) is 5.61. The lowest BCUT2D eigenvalue weighted by Crippen LogP contribution is -2.02. The van der Waals surface area contributed by atoms with Gasteiger partial charge in [0.2, 0.25) is 0 Å². The topological polar surface area (TPSA) is 64.4 Å². The van der Waals surface area contributed by atoms with Crippen LogP contribution in [0.3, 0.4) is 0 Å². The minimum absolute atomic E-state index is 0.0164. The second-order valence-electron chi connectivity index (χ2n) is 2.92. The summed E-state index contributed by atoms with van der Waals surface area (Å²) in [5.74, 6) is 5.94. The van der Waals surface area contributed by atoms with Crippen LogP contribution in [0.4, 0.5) is 11.4 Å². The fraction of sp³-hybridized carbons (Fsp3) is 0.273. The molecule has 1 N–H and O–H groups in total. The normalized spacial score (nSPS) is 8.88. The fourth-order valence-corrected chi connectivity index (χ4v) is 1.17. The zero-order chi connectivity index (χ0) is 12.0. The molecule has 0 unspecified atom stereocenters. The number of rotatable bonds is 4. The lowest BCUT2D eigenvalue weighted by atomic mass is 10.2. The van der Waals surface area contributed by atoms with E-state index < -0.39 is 4.92 Å². The molecule has 0 radical (unpaired) electrons. The van der Waals surface area contributed by atoms with E-state index in [1.54, 1.807) is 19.1 Å². The van der Waals surface area contributed by atoms with E-state index in [0.717, 1.165) is 0 Å². The third kappa shape index (κ3) is 2.89. The van der Waals surface area contributed by atoms with Crippen LogP contribution < -0.4 is 10.1 Å². The van der Waals surface area contributed by atoms with Gasteiger partial charge in [0.25, 0.3) is 5.69 Å². The third-order valence-electron chi connectivity index (χ3n) is 1.95. The van der Waals surface area contributed by atoms with Gasteiger partial charge in [-0.3, -0.25) is 10.1 Å². The molecule has 0 saturated carbocycles. The summed E-state index contributed by atoms with van der Waals surface area (Å²) in [4.78, 5) is 10.3. The molecular weight excluding hydrogens is 208 g/mol. The molecular formula is C11H12N2O3. The van der Waals surface area contributed by atoms with Crippen molar-refractivity contribution in [3.05, 3.63) is 28.3 Å². The molecule has 84 valence electrons. The van der Waals surface area contributed by atoms with Gasteiger partial charge in [0.1, 0.15) is 11.4 Å². The summed E-state index contributed by atoms with van der Waals surface area (Å²) in [6.07, 6.45) is 0. The number of hydrogen-bond acceptors (Lipinski definition) is 4. The van der Waals surface area contributed by atoms with Gasteiger partial charge in [0, 0.05) is 0 Å². The van der Waals surface area contributed by atoms with Crippen molar-refractivity contribution in [3.63, 3.8) is 0 Å². The smallest absolute Gasteiger partial charge is 0.296 e. The Kier molecular flexibility index (Phi) is 4.16. The van der Waals surface area contributed by atoms with Crippen LogP contribution in [0.15, 0.2) is 18.2 Å². The molecule has 1 aromatic rings. The van der Waals surface area contributed by atoms with Crippen LogP contribution in [0, 0.1) is 22.0 Å². The van der Waals surface area contributed by atoms with Crippen LogP contribution in [0.2, 0.25) is 0 Å². The average molecular weight is 220 g/mol. The highest BCUT2D eigenvalue weighted by Crippen LogP contribution is 2.28. The van der Waals surface area contributed by atoms with E-state index in [1.807, 2.05) is 0 Å². The highest BCUT2D eigenvalue weighted by atomic mass is 16.6. The van der Waals surface area contributed by atoms with E-state index in [9.17, 15) is 10.1 Å². The highest BCUT2D eigenvalue weighted by Gasteiger charge is 2.14. The van der Waals surface area contributed by atoms with Crippen LogP contribution in [0.1, 0.15) is 6.92 Å². The van der Waals surface area contributed by atoms with E-state index in [4.69, 9.17) is 4.74 Å². The SMILES string of the molecule is CC#CCNc1ccc(OC)cc1[N+](=O)[O-]. The number of hydrogen-bond donors (Lipinski definition) is 1. The van der Waals surface area contributed by atoms with Gasteiger partial charge >= 0.3 is 0 Å². The van der Waals surface area contributed by atoms with E-state index in [1.165, 1.54) is 13.2 Å².